The van der Waals surface area contributed by atoms with Crippen molar-refractivity contribution < 1.29 is 14.7 Å². The normalized spacial score (nSPS) is 20.2. The number of hydrogen-bond acceptors (Lipinski definition) is 3. The number of urea groups is 1. The van der Waals surface area contributed by atoms with Crippen molar-refractivity contribution >= 4 is 12.0 Å². The van der Waals surface area contributed by atoms with Crippen molar-refractivity contribution in [3.63, 3.8) is 0 Å². The van der Waals surface area contributed by atoms with Crippen molar-refractivity contribution in [2.75, 3.05) is 26.2 Å². The third-order valence-electron chi connectivity index (χ3n) is 3.95. The lowest BCUT2D eigenvalue weighted by molar-refractivity contribution is -0.139. The number of nitrogens with zero attached hydrogens (tertiary/aromatic N) is 2. The maximum Gasteiger partial charge on any atom is 0.326 e. The highest BCUT2D eigenvalue weighted by Crippen LogP contribution is 2.15. The van der Waals surface area contributed by atoms with Gasteiger partial charge >= 0.3 is 12.0 Å². The molecule has 0 aromatic carbocycles. The lowest BCUT2D eigenvalue weighted by atomic mass is 10.2. The number of likely N-dealkylation sites (N-methyl/N-ethyl adjacent to an activating group) is 1. The van der Waals surface area contributed by atoms with Crippen molar-refractivity contribution in [3.8, 4) is 0 Å². The summed E-state index contributed by atoms with van der Waals surface area (Å²) >= 11 is 0. The number of rotatable bonds is 7. The van der Waals surface area contributed by atoms with Gasteiger partial charge in [0.15, 0.2) is 0 Å². The number of carbonyl (C=O) groups excluding carboxylic acids is 1. The molecule has 0 spiro atoms. The minimum absolute atomic E-state index is 0.250. The van der Waals surface area contributed by atoms with Crippen molar-refractivity contribution in [1.29, 1.82) is 0 Å². The molecule has 1 saturated heterocycles. The first-order valence-electron chi connectivity index (χ1n) is 7.55. The second-order valence-corrected chi connectivity index (χ2v) is 5.24. The molecule has 20 heavy (non-hydrogen) atoms. The van der Waals surface area contributed by atoms with Gasteiger partial charge in [-0.3, -0.25) is 4.90 Å². The van der Waals surface area contributed by atoms with Gasteiger partial charge < -0.3 is 15.3 Å². The second kappa shape index (κ2) is 8.09. The van der Waals surface area contributed by atoms with E-state index in [1.54, 1.807) is 4.90 Å². The third-order valence-corrected chi connectivity index (χ3v) is 3.95. The summed E-state index contributed by atoms with van der Waals surface area (Å²) in [5.74, 6) is -0.959. The molecule has 1 fully saturated rings. The molecule has 2 amide bonds. The predicted molar refractivity (Wildman–Crippen MR) is 77.8 cm³/mol. The van der Waals surface area contributed by atoms with E-state index in [-0.39, 0.29) is 6.03 Å². The zero-order chi connectivity index (χ0) is 15.1. The van der Waals surface area contributed by atoms with E-state index in [0.29, 0.717) is 25.6 Å². The highest BCUT2D eigenvalue weighted by molar-refractivity contribution is 5.82. The Hall–Kier alpha value is -1.30. The van der Waals surface area contributed by atoms with Gasteiger partial charge in [0.1, 0.15) is 6.04 Å². The van der Waals surface area contributed by atoms with Crippen LogP contribution in [-0.2, 0) is 4.79 Å². The Kier molecular flexibility index (Phi) is 6.78. The summed E-state index contributed by atoms with van der Waals surface area (Å²) in [6.45, 7) is 9.49. The number of hydrogen-bond donors (Lipinski definition) is 2. The maximum atomic E-state index is 12.1. The fraction of sp³-hybridized carbons (Fsp3) is 0.857. The summed E-state index contributed by atoms with van der Waals surface area (Å²) in [6.07, 6.45) is 2.16. The predicted octanol–water partition coefficient (Wildman–Crippen LogP) is 1.37. The van der Waals surface area contributed by atoms with Gasteiger partial charge in [-0.1, -0.05) is 27.2 Å². The maximum absolute atomic E-state index is 12.1. The Morgan fingerprint density at radius 1 is 1.35 bits per heavy atom. The SMILES string of the molecule is CCC[C@@H](NC(=O)N1CCC(N(CC)CC)C1)C(=O)O. The molecule has 0 radical (unpaired) electrons. The summed E-state index contributed by atoms with van der Waals surface area (Å²) in [5.41, 5.74) is 0. The Labute approximate surface area is 121 Å². The molecule has 0 saturated carbocycles. The molecule has 6 heteroatoms. The highest BCUT2D eigenvalue weighted by atomic mass is 16.4. The van der Waals surface area contributed by atoms with E-state index in [4.69, 9.17) is 5.11 Å². The number of amides is 2. The number of carbonyl (C=O) groups is 2. The second-order valence-electron chi connectivity index (χ2n) is 5.24. The Morgan fingerprint density at radius 2 is 2.00 bits per heavy atom. The Bertz CT molecular complexity index is 332. The molecule has 0 aromatic heterocycles. The van der Waals surface area contributed by atoms with Crippen molar-refractivity contribution in [2.24, 2.45) is 0 Å². The van der Waals surface area contributed by atoms with E-state index >= 15 is 0 Å². The minimum atomic E-state index is -0.959. The van der Waals surface area contributed by atoms with Gasteiger partial charge in [-0.25, -0.2) is 9.59 Å². The van der Waals surface area contributed by atoms with Crippen molar-refractivity contribution in [3.05, 3.63) is 0 Å². The average molecular weight is 285 g/mol. The largest absolute Gasteiger partial charge is 0.480 e. The molecule has 2 N–H and O–H groups in total. The van der Waals surface area contributed by atoms with Gasteiger partial charge in [0.05, 0.1) is 0 Å². The van der Waals surface area contributed by atoms with E-state index in [0.717, 1.165) is 25.9 Å². The molecular weight excluding hydrogens is 258 g/mol. The number of carboxylic acids is 1. The van der Waals surface area contributed by atoms with Gasteiger partial charge in [0, 0.05) is 19.1 Å². The summed E-state index contributed by atoms with van der Waals surface area (Å²) in [5, 5.41) is 11.7. The van der Waals surface area contributed by atoms with Crippen LogP contribution in [0.1, 0.15) is 40.0 Å². The number of likely N-dealkylation sites (tertiary alicyclic amines) is 1. The standard InChI is InChI=1S/C14H27N3O3/c1-4-7-12(13(18)19)15-14(20)17-9-8-11(10-17)16(5-2)6-3/h11-12H,4-10H2,1-3H3,(H,15,20)(H,18,19)/t11?,12-/m1/s1. The Morgan fingerprint density at radius 3 is 2.50 bits per heavy atom. The third kappa shape index (κ3) is 4.37. The van der Waals surface area contributed by atoms with Gasteiger partial charge in [-0.2, -0.15) is 0 Å². The van der Waals surface area contributed by atoms with E-state index < -0.39 is 12.0 Å². The first-order chi connectivity index (χ1) is 9.53. The van der Waals surface area contributed by atoms with E-state index in [9.17, 15) is 9.59 Å². The quantitative estimate of drug-likeness (QED) is 0.741. The zero-order valence-electron chi connectivity index (χ0n) is 12.8. The van der Waals surface area contributed by atoms with Crippen LogP contribution in [0.4, 0.5) is 4.79 Å². The summed E-state index contributed by atoms with van der Waals surface area (Å²) in [4.78, 5) is 27.2. The van der Waals surface area contributed by atoms with Crippen LogP contribution in [0.5, 0.6) is 0 Å². The zero-order valence-corrected chi connectivity index (χ0v) is 12.8. The molecule has 6 nitrogen and oxygen atoms in total. The van der Waals surface area contributed by atoms with E-state index in [1.165, 1.54) is 0 Å². The molecule has 1 heterocycles. The molecule has 116 valence electrons. The summed E-state index contributed by atoms with van der Waals surface area (Å²) < 4.78 is 0. The van der Waals surface area contributed by atoms with Crippen molar-refractivity contribution in [2.45, 2.75) is 52.1 Å². The van der Waals surface area contributed by atoms with E-state index in [1.807, 2.05) is 6.92 Å². The van der Waals surface area contributed by atoms with Gasteiger partial charge in [0.2, 0.25) is 0 Å². The lowest BCUT2D eigenvalue weighted by Gasteiger charge is -2.26. The molecule has 1 rings (SSSR count). The summed E-state index contributed by atoms with van der Waals surface area (Å²) in [6, 6.07) is -0.634. The van der Waals surface area contributed by atoms with Crippen LogP contribution in [0.3, 0.4) is 0 Å². The van der Waals surface area contributed by atoms with Gasteiger partial charge in [-0.05, 0) is 25.9 Å². The van der Waals surface area contributed by atoms with Crippen LogP contribution < -0.4 is 5.32 Å². The minimum Gasteiger partial charge on any atom is -0.480 e. The number of nitrogens with one attached hydrogen (secondary N) is 1. The van der Waals surface area contributed by atoms with E-state index in [2.05, 4.69) is 24.1 Å². The molecule has 0 aliphatic carbocycles. The monoisotopic (exact) mass is 285 g/mol. The van der Waals surface area contributed by atoms with Crippen LogP contribution in [0.2, 0.25) is 0 Å². The molecular formula is C14H27N3O3. The molecule has 1 aliphatic heterocycles. The van der Waals surface area contributed by atoms with Crippen LogP contribution in [0.25, 0.3) is 0 Å². The highest BCUT2D eigenvalue weighted by Gasteiger charge is 2.30. The Balaban J connectivity index is 2.51. The van der Waals surface area contributed by atoms with Crippen molar-refractivity contribution in [1.82, 2.24) is 15.1 Å². The number of aliphatic carboxylic acids is 1. The average Bonchev–Trinajstić information content (AvgIpc) is 2.89. The molecule has 1 unspecified atom stereocenters. The molecule has 0 bridgehead atoms. The molecule has 0 aromatic rings. The fourth-order valence-electron chi connectivity index (χ4n) is 2.75. The fourth-order valence-corrected chi connectivity index (χ4v) is 2.75. The van der Waals surface area contributed by atoms with Gasteiger partial charge in [0.25, 0.3) is 0 Å². The van der Waals surface area contributed by atoms with Crippen LogP contribution >= 0.6 is 0 Å². The molecule has 1 aliphatic rings. The van der Waals surface area contributed by atoms with Crippen LogP contribution in [0.15, 0.2) is 0 Å². The van der Waals surface area contributed by atoms with Crippen LogP contribution in [0, 0.1) is 0 Å². The topological polar surface area (TPSA) is 72.9 Å². The first-order valence-corrected chi connectivity index (χ1v) is 7.55. The smallest absolute Gasteiger partial charge is 0.326 e. The van der Waals surface area contributed by atoms with Crippen LogP contribution in [-0.4, -0.2) is 65.2 Å². The van der Waals surface area contributed by atoms with Gasteiger partial charge in [-0.15, -0.1) is 0 Å². The molecule has 2 atom stereocenters. The summed E-state index contributed by atoms with van der Waals surface area (Å²) in [7, 11) is 0. The first kappa shape index (κ1) is 16.8. The number of carboxylic acid groups (broad SMARTS) is 1. The lowest BCUT2D eigenvalue weighted by Crippen LogP contribution is -2.48.